The van der Waals surface area contributed by atoms with Crippen LogP contribution in [0.15, 0.2) is 12.5 Å². The topological polar surface area (TPSA) is 62.6 Å². The van der Waals surface area contributed by atoms with Crippen molar-refractivity contribution in [2.45, 2.75) is 52.3 Å². The van der Waals surface area contributed by atoms with Gasteiger partial charge in [-0.05, 0) is 27.7 Å². The summed E-state index contributed by atoms with van der Waals surface area (Å²) in [5.41, 5.74) is -0.851. The normalized spacial score (nSPS) is 24.6. The van der Waals surface area contributed by atoms with Gasteiger partial charge in [0.05, 0.1) is 35.1 Å². The lowest BCUT2D eigenvalue weighted by atomic mass is 9.86. The van der Waals surface area contributed by atoms with Crippen LogP contribution in [0.4, 0.5) is 0 Å². The SMILES string of the molecule is [2H]C([2H])(OC(C)=O)C([2H])([2H])n1cnc(B2OC(C)(C)C(C)(C)O2)c1. The zero-order chi connectivity index (χ0) is 18.6. The van der Waals surface area contributed by atoms with Crippen molar-refractivity contribution in [3.63, 3.8) is 0 Å². The van der Waals surface area contributed by atoms with E-state index in [9.17, 15) is 4.79 Å². The summed E-state index contributed by atoms with van der Waals surface area (Å²) in [5, 5.41) is 0. The summed E-state index contributed by atoms with van der Waals surface area (Å²) >= 11 is 0. The average Bonchev–Trinajstić information content (AvgIpc) is 2.91. The summed E-state index contributed by atoms with van der Waals surface area (Å²) < 4.78 is 48.3. The van der Waals surface area contributed by atoms with E-state index in [0.29, 0.717) is 5.59 Å². The quantitative estimate of drug-likeness (QED) is 0.603. The molecule has 6 nitrogen and oxygen atoms in total. The summed E-state index contributed by atoms with van der Waals surface area (Å²) in [7, 11) is -0.799. The molecule has 0 atom stereocenters. The molecule has 0 spiro atoms. The van der Waals surface area contributed by atoms with E-state index in [1.165, 1.54) is 6.20 Å². The van der Waals surface area contributed by atoms with Gasteiger partial charge in [-0.2, -0.15) is 0 Å². The number of carbonyl (C=O) groups is 1. The van der Waals surface area contributed by atoms with Gasteiger partial charge < -0.3 is 18.6 Å². The predicted octanol–water partition coefficient (Wildman–Crippen LogP) is 0.745. The van der Waals surface area contributed by atoms with Crippen molar-refractivity contribution in [1.82, 2.24) is 9.55 Å². The molecule has 0 bridgehead atoms. The first-order valence-electron chi connectivity index (χ1n) is 8.29. The zero-order valence-electron chi connectivity index (χ0n) is 16.3. The van der Waals surface area contributed by atoms with Crippen molar-refractivity contribution in [3.8, 4) is 0 Å². The predicted molar refractivity (Wildman–Crippen MR) is 74.6 cm³/mol. The highest BCUT2D eigenvalue weighted by atomic mass is 16.7. The number of imidazole rings is 1. The molecular weight excluding hydrogens is 259 g/mol. The third-order valence-electron chi connectivity index (χ3n) is 3.47. The second-order valence-electron chi connectivity index (χ2n) is 5.60. The van der Waals surface area contributed by atoms with Gasteiger partial charge in [-0.3, -0.25) is 4.79 Å². The lowest BCUT2D eigenvalue weighted by Gasteiger charge is -2.32. The van der Waals surface area contributed by atoms with E-state index in [4.69, 9.17) is 14.8 Å². The van der Waals surface area contributed by atoms with Crippen LogP contribution in [0, 0.1) is 0 Å². The molecule has 20 heavy (non-hydrogen) atoms. The van der Waals surface area contributed by atoms with E-state index in [1.54, 1.807) is 0 Å². The number of esters is 1. The van der Waals surface area contributed by atoms with Gasteiger partial charge in [0.1, 0.15) is 6.56 Å². The maximum atomic E-state index is 11.0. The van der Waals surface area contributed by atoms with Crippen molar-refractivity contribution >= 4 is 18.7 Å². The van der Waals surface area contributed by atoms with Gasteiger partial charge in [0.15, 0.2) is 0 Å². The monoisotopic (exact) mass is 284 g/mol. The number of carbonyl (C=O) groups excluding carboxylic acids is 1. The minimum atomic E-state index is -2.87. The maximum Gasteiger partial charge on any atom is 0.516 e. The molecule has 0 aliphatic carbocycles. The maximum absolute atomic E-state index is 11.0. The summed E-state index contributed by atoms with van der Waals surface area (Å²) in [6, 6.07) is 0. The van der Waals surface area contributed by atoms with E-state index in [2.05, 4.69) is 9.72 Å². The van der Waals surface area contributed by atoms with Crippen LogP contribution >= 0.6 is 0 Å². The number of rotatable bonds is 4. The lowest BCUT2D eigenvalue weighted by molar-refractivity contribution is -0.141. The Morgan fingerprint density at radius 2 is 2.05 bits per heavy atom. The molecule has 7 heteroatoms. The van der Waals surface area contributed by atoms with Gasteiger partial charge in [0.2, 0.25) is 0 Å². The number of hydrogen-bond acceptors (Lipinski definition) is 5. The number of ether oxygens (including phenoxy) is 1. The number of aromatic nitrogens is 2. The zero-order valence-corrected chi connectivity index (χ0v) is 12.3. The van der Waals surface area contributed by atoms with E-state index >= 15 is 0 Å². The molecule has 1 aliphatic heterocycles. The van der Waals surface area contributed by atoms with Gasteiger partial charge in [-0.25, -0.2) is 4.98 Å². The van der Waals surface area contributed by atoms with E-state index < -0.39 is 37.3 Å². The van der Waals surface area contributed by atoms with E-state index in [0.717, 1.165) is 17.8 Å². The molecule has 2 heterocycles. The van der Waals surface area contributed by atoms with Crippen LogP contribution in [0.25, 0.3) is 0 Å². The minimum absolute atomic E-state index is 0.302. The smallest absolute Gasteiger partial charge is 0.464 e. The van der Waals surface area contributed by atoms with Crippen LogP contribution < -0.4 is 5.59 Å². The fourth-order valence-corrected chi connectivity index (χ4v) is 1.63. The summed E-state index contributed by atoms with van der Waals surface area (Å²) in [4.78, 5) is 15.1. The Balaban J connectivity index is 2.27. The number of hydrogen-bond donors (Lipinski definition) is 0. The molecule has 0 N–H and O–H groups in total. The standard InChI is InChI=1S/C13H21BN2O4/c1-10(17)18-7-6-16-8-11(15-9-16)14-19-12(2,3)13(4,5)20-14/h8-9H,6-7H2,1-5H3/i6D2,7D2. The Kier molecular flexibility index (Phi) is 2.71. The Bertz CT molecular complexity index is 632. The van der Waals surface area contributed by atoms with E-state index in [-0.39, 0.29) is 0 Å². The fourth-order valence-electron chi connectivity index (χ4n) is 1.63. The van der Waals surface area contributed by atoms with Gasteiger partial charge in [-0.15, -0.1) is 0 Å². The molecule has 1 aromatic rings. The van der Waals surface area contributed by atoms with Gasteiger partial charge in [0, 0.05) is 13.1 Å². The average molecular weight is 284 g/mol. The molecule has 1 aromatic heterocycles. The molecular formula is C13H21BN2O4. The van der Waals surface area contributed by atoms with Crippen molar-refractivity contribution in [1.29, 1.82) is 0 Å². The van der Waals surface area contributed by atoms with Gasteiger partial charge in [-0.1, -0.05) is 0 Å². The van der Waals surface area contributed by atoms with Crippen LogP contribution in [-0.4, -0.2) is 40.4 Å². The van der Waals surface area contributed by atoms with Crippen LogP contribution in [-0.2, 0) is 25.3 Å². The molecule has 1 saturated heterocycles. The Hall–Kier alpha value is -1.34. The molecule has 110 valence electrons. The Morgan fingerprint density at radius 3 is 2.60 bits per heavy atom. The van der Waals surface area contributed by atoms with Crippen LogP contribution in [0.2, 0.25) is 0 Å². The summed E-state index contributed by atoms with van der Waals surface area (Å²) in [6.45, 7) is 2.99. The minimum Gasteiger partial charge on any atom is -0.464 e. The Morgan fingerprint density at radius 1 is 1.45 bits per heavy atom. The second-order valence-corrected chi connectivity index (χ2v) is 5.60. The highest BCUT2D eigenvalue weighted by molar-refractivity contribution is 6.61. The molecule has 0 unspecified atom stereocenters. The number of nitrogens with zero attached hydrogens (tertiary/aromatic N) is 2. The fraction of sp³-hybridized carbons (Fsp3) is 0.692. The van der Waals surface area contributed by atoms with Crippen LogP contribution in [0.3, 0.4) is 0 Å². The first-order chi connectivity index (χ1) is 10.7. The summed E-state index contributed by atoms with van der Waals surface area (Å²) in [5.74, 6) is -0.921. The van der Waals surface area contributed by atoms with Crippen LogP contribution in [0.5, 0.6) is 0 Å². The number of aryl methyl sites for hydroxylation is 1. The molecule has 0 aromatic carbocycles. The molecule has 0 radical (unpaired) electrons. The first kappa shape index (κ1) is 10.4. The third-order valence-corrected chi connectivity index (χ3v) is 3.47. The van der Waals surface area contributed by atoms with Crippen molar-refractivity contribution in [2.75, 3.05) is 6.56 Å². The van der Waals surface area contributed by atoms with Crippen molar-refractivity contribution in [3.05, 3.63) is 12.5 Å². The van der Waals surface area contributed by atoms with E-state index in [1.807, 2.05) is 27.7 Å². The van der Waals surface area contributed by atoms with Gasteiger partial charge in [0.25, 0.3) is 0 Å². The largest absolute Gasteiger partial charge is 0.516 e. The van der Waals surface area contributed by atoms with Gasteiger partial charge >= 0.3 is 13.1 Å². The summed E-state index contributed by atoms with van der Waals surface area (Å²) in [6.07, 6.45) is 2.39. The first-order valence-corrected chi connectivity index (χ1v) is 6.29. The lowest BCUT2D eigenvalue weighted by Crippen LogP contribution is -2.41. The van der Waals surface area contributed by atoms with Crippen LogP contribution in [0.1, 0.15) is 40.1 Å². The van der Waals surface area contributed by atoms with Crippen molar-refractivity contribution < 1.29 is 24.3 Å². The molecule has 2 rings (SSSR count). The Labute approximate surface area is 125 Å². The molecule has 0 amide bonds. The second kappa shape index (κ2) is 5.22. The molecule has 0 saturated carbocycles. The van der Waals surface area contributed by atoms with Crippen molar-refractivity contribution in [2.24, 2.45) is 0 Å². The molecule has 1 aliphatic rings. The third kappa shape index (κ3) is 3.04. The highest BCUT2D eigenvalue weighted by Crippen LogP contribution is 2.36. The molecule has 1 fully saturated rings. The highest BCUT2D eigenvalue weighted by Gasteiger charge is 2.52.